The average Bonchev–Trinajstić information content (AvgIpc) is 2.32. The molecule has 0 aromatic heterocycles. The molecule has 1 aromatic carbocycles. The van der Waals surface area contributed by atoms with E-state index in [1.165, 1.54) is 13.2 Å². The zero-order valence-corrected chi connectivity index (χ0v) is 12.2. The lowest BCUT2D eigenvalue weighted by Crippen LogP contribution is -2.31. The molecule has 5 heteroatoms. The lowest BCUT2D eigenvalue weighted by molar-refractivity contribution is -0.142. The number of hydrogen-bond donors (Lipinski definition) is 0. The van der Waals surface area contributed by atoms with Gasteiger partial charge in [-0.2, -0.15) is 0 Å². The van der Waals surface area contributed by atoms with E-state index in [1.807, 2.05) is 11.8 Å². The third-order valence-corrected chi connectivity index (χ3v) is 3.02. The predicted octanol–water partition coefficient (Wildman–Crippen LogP) is 2.97. The Morgan fingerprint density at radius 3 is 2.78 bits per heavy atom. The van der Waals surface area contributed by atoms with Crippen molar-refractivity contribution in [2.24, 2.45) is 0 Å². The van der Waals surface area contributed by atoms with Gasteiger partial charge >= 0.3 is 5.97 Å². The summed E-state index contributed by atoms with van der Waals surface area (Å²) in [4.78, 5) is 13.1. The van der Waals surface area contributed by atoms with E-state index in [4.69, 9.17) is 0 Å². The molecule has 1 rings (SSSR count). The number of ether oxygens (including phenoxy) is 1. The second-order valence-electron chi connectivity index (χ2n) is 4.02. The van der Waals surface area contributed by atoms with Crippen molar-refractivity contribution in [3.8, 4) is 0 Å². The second-order valence-corrected chi connectivity index (χ2v) is 4.94. The Morgan fingerprint density at radius 2 is 2.22 bits per heavy atom. The van der Waals surface area contributed by atoms with Gasteiger partial charge in [0.05, 0.1) is 13.7 Å². The van der Waals surface area contributed by atoms with E-state index in [-0.39, 0.29) is 18.3 Å². The normalized spacial score (nSPS) is 10.7. The summed E-state index contributed by atoms with van der Waals surface area (Å²) in [6, 6.07) is 4.94. The SMILES string of the molecule is CCCN(CC(=O)OC)Cc1ccc(Br)cc1F. The molecule has 0 bridgehead atoms. The third-order valence-electron chi connectivity index (χ3n) is 2.53. The zero-order chi connectivity index (χ0) is 13.5. The molecule has 0 saturated carbocycles. The minimum absolute atomic E-state index is 0.180. The summed E-state index contributed by atoms with van der Waals surface area (Å²) in [5.74, 6) is -0.573. The molecule has 100 valence electrons. The number of halogens is 2. The number of rotatable bonds is 6. The summed E-state index contributed by atoms with van der Waals surface area (Å²) < 4.78 is 19.0. The van der Waals surface area contributed by atoms with Crippen molar-refractivity contribution in [1.29, 1.82) is 0 Å². The number of hydrogen-bond acceptors (Lipinski definition) is 3. The van der Waals surface area contributed by atoms with E-state index in [1.54, 1.807) is 12.1 Å². The van der Waals surface area contributed by atoms with Crippen LogP contribution in [0.1, 0.15) is 18.9 Å². The van der Waals surface area contributed by atoms with E-state index in [2.05, 4.69) is 20.7 Å². The maximum absolute atomic E-state index is 13.7. The van der Waals surface area contributed by atoms with Gasteiger partial charge in [0.15, 0.2) is 0 Å². The van der Waals surface area contributed by atoms with Gasteiger partial charge in [-0.25, -0.2) is 4.39 Å². The van der Waals surface area contributed by atoms with Gasteiger partial charge in [0, 0.05) is 16.6 Å². The van der Waals surface area contributed by atoms with Crippen molar-refractivity contribution < 1.29 is 13.9 Å². The van der Waals surface area contributed by atoms with E-state index >= 15 is 0 Å². The highest BCUT2D eigenvalue weighted by molar-refractivity contribution is 9.10. The van der Waals surface area contributed by atoms with Crippen LogP contribution in [0.4, 0.5) is 4.39 Å². The van der Waals surface area contributed by atoms with Crippen LogP contribution in [0.3, 0.4) is 0 Å². The van der Waals surface area contributed by atoms with Crippen LogP contribution in [0.25, 0.3) is 0 Å². The van der Waals surface area contributed by atoms with Crippen LogP contribution in [0.15, 0.2) is 22.7 Å². The first-order chi connectivity index (χ1) is 8.56. The monoisotopic (exact) mass is 317 g/mol. The maximum Gasteiger partial charge on any atom is 0.319 e. The van der Waals surface area contributed by atoms with Crippen molar-refractivity contribution in [3.63, 3.8) is 0 Å². The van der Waals surface area contributed by atoms with Crippen LogP contribution in [0.2, 0.25) is 0 Å². The first-order valence-electron chi connectivity index (χ1n) is 5.80. The molecule has 0 aliphatic heterocycles. The molecule has 3 nitrogen and oxygen atoms in total. The van der Waals surface area contributed by atoms with Gasteiger partial charge in [-0.15, -0.1) is 0 Å². The van der Waals surface area contributed by atoms with Gasteiger partial charge in [0.25, 0.3) is 0 Å². The smallest absolute Gasteiger partial charge is 0.319 e. The fourth-order valence-corrected chi connectivity index (χ4v) is 2.00. The Morgan fingerprint density at radius 1 is 1.50 bits per heavy atom. The maximum atomic E-state index is 13.7. The van der Waals surface area contributed by atoms with Gasteiger partial charge in [-0.05, 0) is 25.1 Å². The Hall–Kier alpha value is -0.940. The Balaban J connectivity index is 2.72. The molecule has 0 amide bonds. The number of esters is 1. The summed E-state index contributed by atoms with van der Waals surface area (Å²) in [5, 5.41) is 0. The molecule has 18 heavy (non-hydrogen) atoms. The van der Waals surface area contributed by atoms with Crippen LogP contribution in [-0.4, -0.2) is 31.1 Å². The van der Waals surface area contributed by atoms with Crippen LogP contribution in [-0.2, 0) is 16.1 Å². The highest BCUT2D eigenvalue weighted by Gasteiger charge is 2.13. The number of carbonyl (C=O) groups is 1. The number of methoxy groups -OCH3 is 1. The zero-order valence-electron chi connectivity index (χ0n) is 10.6. The molecule has 0 unspecified atom stereocenters. The van der Waals surface area contributed by atoms with E-state index < -0.39 is 0 Å². The van der Waals surface area contributed by atoms with Gasteiger partial charge in [-0.1, -0.05) is 28.9 Å². The average molecular weight is 318 g/mol. The standard InChI is InChI=1S/C13H17BrFNO2/c1-3-6-16(9-13(17)18-2)8-10-4-5-11(14)7-12(10)15/h4-5,7H,3,6,8-9H2,1-2H3. The fraction of sp³-hybridized carbons (Fsp3) is 0.462. The van der Waals surface area contributed by atoms with Crippen LogP contribution < -0.4 is 0 Å². The first-order valence-corrected chi connectivity index (χ1v) is 6.59. The van der Waals surface area contributed by atoms with Crippen LogP contribution in [0, 0.1) is 5.82 Å². The second kappa shape index (κ2) is 7.48. The molecule has 0 aliphatic rings. The molecular weight excluding hydrogens is 301 g/mol. The number of carbonyl (C=O) groups excluding carboxylic acids is 1. The molecule has 0 saturated heterocycles. The highest BCUT2D eigenvalue weighted by Crippen LogP contribution is 2.17. The number of nitrogens with zero attached hydrogens (tertiary/aromatic N) is 1. The van der Waals surface area contributed by atoms with Crippen molar-refractivity contribution in [1.82, 2.24) is 4.90 Å². The van der Waals surface area contributed by atoms with Gasteiger partial charge in [0.1, 0.15) is 5.82 Å². The molecule has 0 aliphatic carbocycles. The molecular formula is C13H17BrFNO2. The summed E-state index contributed by atoms with van der Waals surface area (Å²) >= 11 is 3.22. The quantitative estimate of drug-likeness (QED) is 0.755. The Labute approximate surface area is 115 Å². The van der Waals surface area contributed by atoms with E-state index in [0.717, 1.165) is 13.0 Å². The van der Waals surface area contributed by atoms with Crippen LogP contribution >= 0.6 is 15.9 Å². The largest absolute Gasteiger partial charge is 0.468 e. The van der Waals surface area contributed by atoms with Gasteiger partial charge in [-0.3, -0.25) is 9.69 Å². The van der Waals surface area contributed by atoms with Crippen molar-refractivity contribution in [2.75, 3.05) is 20.2 Å². The molecule has 0 heterocycles. The topological polar surface area (TPSA) is 29.5 Å². The Kier molecular flexibility index (Phi) is 6.29. The lowest BCUT2D eigenvalue weighted by atomic mass is 10.2. The summed E-state index contributed by atoms with van der Waals surface area (Å²) in [5.41, 5.74) is 0.579. The van der Waals surface area contributed by atoms with Gasteiger partial charge in [0.2, 0.25) is 0 Å². The van der Waals surface area contributed by atoms with Crippen molar-refractivity contribution >= 4 is 21.9 Å². The molecule has 0 fully saturated rings. The Bertz CT molecular complexity index is 412. The summed E-state index contributed by atoms with van der Waals surface area (Å²) in [7, 11) is 1.35. The van der Waals surface area contributed by atoms with Crippen molar-refractivity contribution in [2.45, 2.75) is 19.9 Å². The highest BCUT2D eigenvalue weighted by atomic mass is 79.9. The summed E-state index contributed by atoms with van der Waals surface area (Å²) in [6.45, 7) is 3.33. The van der Waals surface area contributed by atoms with Gasteiger partial charge < -0.3 is 4.74 Å². The lowest BCUT2D eigenvalue weighted by Gasteiger charge is -2.20. The van der Waals surface area contributed by atoms with Crippen LogP contribution in [0.5, 0.6) is 0 Å². The number of benzene rings is 1. The van der Waals surface area contributed by atoms with E-state index in [9.17, 15) is 9.18 Å². The molecule has 1 aromatic rings. The first kappa shape index (κ1) is 15.1. The predicted molar refractivity (Wildman–Crippen MR) is 71.7 cm³/mol. The van der Waals surface area contributed by atoms with Crippen molar-refractivity contribution in [3.05, 3.63) is 34.1 Å². The van der Waals surface area contributed by atoms with E-state index in [0.29, 0.717) is 16.6 Å². The molecule has 0 N–H and O–H groups in total. The fourth-order valence-electron chi connectivity index (χ4n) is 1.67. The minimum atomic E-state index is -0.305. The molecule has 0 atom stereocenters. The molecule has 0 spiro atoms. The minimum Gasteiger partial charge on any atom is -0.468 e. The summed E-state index contributed by atoms with van der Waals surface area (Å²) in [6.07, 6.45) is 0.898. The third kappa shape index (κ3) is 4.74. The molecule has 0 radical (unpaired) electrons.